The molecule has 0 aliphatic carbocycles. The molecule has 5 aromatic rings. The van der Waals surface area contributed by atoms with E-state index in [0.717, 1.165) is 22.6 Å². The molecule has 9 heteroatoms. The molecule has 36 heavy (non-hydrogen) atoms. The van der Waals surface area contributed by atoms with Gasteiger partial charge >= 0.3 is 0 Å². The van der Waals surface area contributed by atoms with Crippen molar-refractivity contribution < 1.29 is 14.0 Å². The second-order valence-electron chi connectivity index (χ2n) is 7.80. The zero-order valence-electron chi connectivity index (χ0n) is 20.0. The van der Waals surface area contributed by atoms with Gasteiger partial charge in [0, 0.05) is 12.0 Å². The van der Waals surface area contributed by atoms with Crippen LogP contribution >= 0.6 is 11.8 Å². The van der Waals surface area contributed by atoms with Gasteiger partial charge in [0.05, 0.1) is 18.6 Å². The van der Waals surface area contributed by atoms with Crippen molar-refractivity contribution in [1.82, 2.24) is 24.9 Å². The minimum atomic E-state index is 0.220. The van der Waals surface area contributed by atoms with E-state index in [0.29, 0.717) is 40.6 Å². The Labute approximate surface area is 213 Å². The Balaban J connectivity index is 1.45. The molecule has 2 heterocycles. The van der Waals surface area contributed by atoms with Crippen LogP contribution in [0.1, 0.15) is 24.5 Å². The molecular weight excluding hydrogens is 474 g/mol. The van der Waals surface area contributed by atoms with Crippen LogP contribution < -0.4 is 9.47 Å². The molecule has 2 aromatic heterocycles. The number of rotatable bonds is 10. The molecule has 0 unspecified atom stereocenters. The van der Waals surface area contributed by atoms with Gasteiger partial charge in [0.15, 0.2) is 16.8 Å². The Bertz CT molecular complexity index is 1430. The van der Waals surface area contributed by atoms with Crippen LogP contribution in [0.2, 0.25) is 0 Å². The first-order valence-corrected chi connectivity index (χ1v) is 12.5. The van der Waals surface area contributed by atoms with Gasteiger partial charge in [-0.15, -0.1) is 10.2 Å². The van der Waals surface area contributed by atoms with Crippen LogP contribution in [-0.2, 0) is 18.8 Å². The predicted octanol–water partition coefficient (Wildman–Crippen LogP) is 5.76. The third kappa shape index (κ3) is 5.11. The molecule has 0 aliphatic heterocycles. The molecule has 0 bridgehead atoms. The van der Waals surface area contributed by atoms with Gasteiger partial charge in [-0.25, -0.2) is 0 Å². The van der Waals surface area contributed by atoms with Crippen LogP contribution in [0.5, 0.6) is 11.5 Å². The van der Waals surface area contributed by atoms with Crippen LogP contribution in [0.3, 0.4) is 0 Å². The van der Waals surface area contributed by atoms with Crippen LogP contribution in [0, 0.1) is 0 Å². The van der Waals surface area contributed by atoms with Crippen LogP contribution in [0.25, 0.3) is 16.8 Å². The van der Waals surface area contributed by atoms with E-state index in [9.17, 15) is 0 Å². The molecule has 0 spiro atoms. The van der Waals surface area contributed by atoms with Crippen molar-refractivity contribution in [3.8, 4) is 28.3 Å². The van der Waals surface area contributed by atoms with Gasteiger partial charge in [0.2, 0.25) is 5.89 Å². The number of methoxy groups -OCH3 is 1. The van der Waals surface area contributed by atoms with Crippen molar-refractivity contribution in [1.29, 1.82) is 0 Å². The number of ether oxygens (including phenoxy) is 2. The molecule has 8 nitrogen and oxygen atoms in total. The van der Waals surface area contributed by atoms with E-state index in [1.54, 1.807) is 7.11 Å². The predicted molar refractivity (Wildman–Crippen MR) is 137 cm³/mol. The maximum absolute atomic E-state index is 6.29. The van der Waals surface area contributed by atoms with Crippen molar-refractivity contribution in [2.24, 2.45) is 0 Å². The van der Waals surface area contributed by atoms with Crippen molar-refractivity contribution in [3.05, 3.63) is 96.4 Å². The summed E-state index contributed by atoms with van der Waals surface area (Å²) in [7, 11) is 1.65. The van der Waals surface area contributed by atoms with Gasteiger partial charge in [-0.2, -0.15) is 4.98 Å². The lowest BCUT2D eigenvalue weighted by molar-refractivity contribution is 0.293. The maximum atomic E-state index is 6.29. The lowest BCUT2D eigenvalue weighted by Crippen LogP contribution is -2.08. The molecule has 182 valence electrons. The van der Waals surface area contributed by atoms with Crippen LogP contribution in [-0.4, -0.2) is 32.0 Å². The fraction of sp³-hybridized carbons (Fsp3) is 0.185. The highest BCUT2D eigenvalue weighted by Crippen LogP contribution is 2.32. The Morgan fingerprint density at radius 3 is 2.42 bits per heavy atom. The standard InChI is InChI=1S/C27H25N5O3S/c1-3-26-28-24(31-35-26)18-36-27-30-29-25(32(27)21-14-8-10-16-23(21)33-2)17-34-22-15-9-7-13-20(22)19-11-5-4-6-12-19/h4-16H,3,17-18H2,1-2H3. The molecule has 3 aromatic carbocycles. The van der Waals surface area contributed by atoms with Crippen LogP contribution in [0.15, 0.2) is 88.5 Å². The molecule has 0 fully saturated rings. The second kappa shape index (κ2) is 11.1. The fourth-order valence-electron chi connectivity index (χ4n) is 3.76. The number of para-hydroxylation sites is 3. The highest BCUT2D eigenvalue weighted by atomic mass is 32.2. The van der Waals surface area contributed by atoms with Gasteiger partial charge in [0.25, 0.3) is 0 Å². The first-order valence-electron chi connectivity index (χ1n) is 11.6. The van der Waals surface area contributed by atoms with Crippen molar-refractivity contribution in [3.63, 3.8) is 0 Å². The number of nitrogens with zero attached hydrogens (tertiary/aromatic N) is 5. The highest BCUT2D eigenvalue weighted by Gasteiger charge is 2.19. The Morgan fingerprint density at radius 2 is 1.64 bits per heavy atom. The number of hydrogen-bond acceptors (Lipinski definition) is 8. The summed E-state index contributed by atoms with van der Waals surface area (Å²) in [5.74, 6) is 3.84. The molecule has 0 saturated carbocycles. The summed E-state index contributed by atoms with van der Waals surface area (Å²) in [6.07, 6.45) is 0.695. The van der Waals surface area contributed by atoms with E-state index in [-0.39, 0.29) is 6.61 Å². The summed E-state index contributed by atoms with van der Waals surface area (Å²) >= 11 is 1.47. The van der Waals surface area contributed by atoms with E-state index in [1.807, 2.05) is 78.2 Å². The van der Waals surface area contributed by atoms with Gasteiger partial charge in [0.1, 0.15) is 18.1 Å². The Hall–Kier alpha value is -4.11. The average molecular weight is 500 g/mol. The lowest BCUT2D eigenvalue weighted by atomic mass is 10.1. The van der Waals surface area contributed by atoms with Crippen molar-refractivity contribution in [2.75, 3.05) is 7.11 Å². The molecule has 0 N–H and O–H groups in total. The van der Waals surface area contributed by atoms with Crippen LogP contribution in [0.4, 0.5) is 0 Å². The number of thioether (sulfide) groups is 1. The fourth-order valence-corrected chi connectivity index (χ4v) is 4.56. The zero-order valence-corrected chi connectivity index (χ0v) is 20.8. The summed E-state index contributed by atoms with van der Waals surface area (Å²) < 4.78 is 19.1. The van der Waals surface area contributed by atoms with Gasteiger partial charge in [-0.05, 0) is 23.8 Å². The molecule has 0 radical (unpaired) electrons. The molecule has 0 aliphatic rings. The topological polar surface area (TPSA) is 88.1 Å². The number of aromatic nitrogens is 5. The number of benzene rings is 3. The third-order valence-electron chi connectivity index (χ3n) is 5.50. The average Bonchev–Trinajstić information content (AvgIpc) is 3.58. The van der Waals surface area contributed by atoms with Gasteiger partial charge in [-0.3, -0.25) is 4.57 Å². The first-order chi connectivity index (χ1) is 17.8. The first kappa shape index (κ1) is 23.6. The van der Waals surface area contributed by atoms with E-state index in [2.05, 4.69) is 32.5 Å². The SMILES string of the molecule is CCc1nc(CSc2nnc(COc3ccccc3-c3ccccc3)n2-c2ccccc2OC)no1. The minimum Gasteiger partial charge on any atom is -0.495 e. The lowest BCUT2D eigenvalue weighted by Gasteiger charge is -2.15. The molecular formula is C27H25N5O3S. The Kier molecular flexibility index (Phi) is 7.28. The monoisotopic (exact) mass is 499 g/mol. The zero-order chi connectivity index (χ0) is 24.7. The van der Waals surface area contributed by atoms with Gasteiger partial charge in [-0.1, -0.05) is 84.5 Å². The summed E-state index contributed by atoms with van der Waals surface area (Å²) in [6.45, 7) is 2.20. The Morgan fingerprint density at radius 1 is 0.889 bits per heavy atom. The summed E-state index contributed by atoms with van der Waals surface area (Å²) in [6, 6.07) is 25.9. The molecule has 5 rings (SSSR count). The van der Waals surface area contributed by atoms with Crippen molar-refractivity contribution >= 4 is 11.8 Å². The van der Waals surface area contributed by atoms with E-state index in [4.69, 9.17) is 14.0 Å². The third-order valence-corrected chi connectivity index (χ3v) is 6.42. The summed E-state index contributed by atoms with van der Waals surface area (Å²) in [5.41, 5.74) is 2.92. The molecule has 0 atom stereocenters. The quantitative estimate of drug-likeness (QED) is 0.224. The maximum Gasteiger partial charge on any atom is 0.226 e. The van der Waals surface area contributed by atoms with E-state index < -0.39 is 0 Å². The van der Waals surface area contributed by atoms with E-state index >= 15 is 0 Å². The molecule has 0 saturated heterocycles. The van der Waals surface area contributed by atoms with Gasteiger partial charge < -0.3 is 14.0 Å². The van der Waals surface area contributed by atoms with Crippen molar-refractivity contribution in [2.45, 2.75) is 30.9 Å². The number of hydrogen-bond donors (Lipinski definition) is 0. The largest absolute Gasteiger partial charge is 0.495 e. The summed E-state index contributed by atoms with van der Waals surface area (Å²) in [4.78, 5) is 4.40. The highest BCUT2D eigenvalue weighted by molar-refractivity contribution is 7.98. The molecule has 0 amide bonds. The summed E-state index contributed by atoms with van der Waals surface area (Å²) in [5, 5.41) is 13.6. The second-order valence-corrected chi connectivity index (χ2v) is 8.75. The minimum absolute atomic E-state index is 0.220. The number of aryl methyl sites for hydroxylation is 1. The normalized spacial score (nSPS) is 10.9. The van der Waals surface area contributed by atoms with E-state index in [1.165, 1.54) is 11.8 Å². The smallest absolute Gasteiger partial charge is 0.226 e.